The second-order valence-electron chi connectivity index (χ2n) is 5.32. The smallest absolute Gasteiger partial charge is 0.407 e. The number of amides is 1. The summed E-state index contributed by atoms with van der Waals surface area (Å²) in [5.41, 5.74) is 0.540. The Hall–Kier alpha value is -2.94. The van der Waals surface area contributed by atoms with Crippen LogP contribution in [0.4, 0.5) is 10.5 Å². The predicted octanol–water partition coefficient (Wildman–Crippen LogP) is 3.80. The van der Waals surface area contributed by atoms with E-state index in [1.54, 1.807) is 24.3 Å². The molecule has 0 aliphatic heterocycles. The molecule has 0 unspecified atom stereocenters. The molecule has 2 rings (SSSR count). The molecule has 2 N–H and O–H groups in total. The molecule has 136 valence electrons. The lowest BCUT2D eigenvalue weighted by molar-refractivity contribution is -0.385. The van der Waals surface area contributed by atoms with Crippen LogP contribution in [0.3, 0.4) is 0 Å². The van der Waals surface area contributed by atoms with Gasteiger partial charge in [-0.3, -0.25) is 14.9 Å². The van der Waals surface area contributed by atoms with Crippen molar-refractivity contribution in [2.75, 3.05) is 0 Å². The zero-order valence-corrected chi connectivity index (χ0v) is 15.0. The van der Waals surface area contributed by atoms with E-state index in [2.05, 4.69) is 21.2 Å². The fourth-order valence-corrected chi connectivity index (χ4v) is 2.64. The molecule has 0 saturated carbocycles. The van der Waals surface area contributed by atoms with Crippen molar-refractivity contribution in [3.63, 3.8) is 0 Å². The number of halogens is 1. The summed E-state index contributed by atoms with van der Waals surface area (Å²) in [6.45, 7) is -0.00506. The number of ether oxygens (including phenoxy) is 1. The molecule has 0 aliphatic carbocycles. The van der Waals surface area contributed by atoms with Gasteiger partial charge in [-0.15, -0.1) is 0 Å². The van der Waals surface area contributed by atoms with Crippen LogP contribution in [0.1, 0.15) is 23.6 Å². The normalized spacial score (nSPS) is 11.4. The van der Waals surface area contributed by atoms with Gasteiger partial charge in [-0.1, -0.05) is 46.3 Å². The molecular formula is C17H15BrN2O6. The average Bonchev–Trinajstić information content (AvgIpc) is 2.60. The fourth-order valence-electron chi connectivity index (χ4n) is 2.29. The number of benzene rings is 2. The molecule has 8 nitrogen and oxygen atoms in total. The van der Waals surface area contributed by atoms with Crippen molar-refractivity contribution in [1.82, 2.24) is 5.32 Å². The number of carbonyl (C=O) groups is 2. The predicted molar refractivity (Wildman–Crippen MR) is 95.6 cm³/mol. The van der Waals surface area contributed by atoms with E-state index >= 15 is 0 Å². The molecule has 2 aromatic carbocycles. The monoisotopic (exact) mass is 422 g/mol. The van der Waals surface area contributed by atoms with Gasteiger partial charge in [-0.25, -0.2) is 4.79 Å². The molecule has 0 saturated heterocycles. The van der Waals surface area contributed by atoms with E-state index < -0.39 is 29.4 Å². The van der Waals surface area contributed by atoms with Crippen LogP contribution in [-0.2, 0) is 16.1 Å². The van der Waals surface area contributed by atoms with Crippen LogP contribution < -0.4 is 5.32 Å². The minimum absolute atomic E-state index is 0.00506. The second kappa shape index (κ2) is 8.95. The topological polar surface area (TPSA) is 119 Å². The van der Waals surface area contributed by atoms with Gasteiger partial charge in [0.1, 0.15) is 6.61 Å². The number of carboxylic acids is 1. The van der Waals surface area contributed by atoms with Crippen LogP contribution >= 0.6 is 15.9 Å². The first-order chi connectivity index (χ1) is 12.4. The third kappa shape index (κ3) is 5.55. The summed E-state index contributed by atoms with van der Waals surface area (Å²) in [5.74, 6) is -1.21. The number of alkyl carbamates (subject to hydrolysis) is 1. The Morgan fingerprint density at radius 2 is 1.92 bits per heavy atom. The van der Waals surface area contributed by atoms with Crippen LogP contribution in [0.15, 0.2) is 53.0 Å². The summed E-state index contributed by atoms with van der Waals surface area (Å²) >= 11 is 3.13. The summed E-state index contributed by atoms with van der Waals surface area (Å²) in [7, 11) is 0. The largest absolute Gasteiger partial charge is 0.481 e. The number of rotatable bonds is 7. The van der Waals surface area contributed by atoms with Crippen molar-refractivity contribution in [3.05, 3.63) is 74.2 Å². The molecule has 9 heteroatoms. The van der Waals surface area contributed by atoms with Gasteiger partial charge >= 0.3 is 12.1 Å². The Labute approximate surface area is 157 Å². The van der Waals surface area contributed by atoms with Gasteiger partial charge in [0.2, 0.25) is 0 Å². The highest BCUT2D eigenvalue weighted by Gasteiger charge is 2.26. The first-order valence-electron chi connectivity index (χ1n) is 7.49. The Morgan fingerprint density at radius 3 is 2.54 bits per heavy atom. The van der Waals surface area contributed by atoms with E-state index in [0.717, 1.165) is 5.56 Å². The summed E-state index contributed by atoms with van der Waals surface area (Å²) in [6, 6.07) is 12.0. The van der Waals surface area contributed by atoms with E-state index in [1.807, 2.05) is 6.07 Å². The second-order valence-corrected chi connectivity index (χ2v) is 6.23. The number of nitrogens with one attached hydrogen (secondary N) is 1. The zero-order chi connectivity index (χ0) is 19.1. The van der Waals surface area contributed by atoms with Crippen molar-refractivity contribution in [3.8, 4) is 0 Å². The molecule has 1 atom stereocenters. The van der Waals surface area contributed by atoms with Gasteiger partial charge in [0.25, 0.3) is 5.69 Å². The number of carboxylic acid groups (broad SMARTS) is 1. The highest BCUT2D eigenvalue weighted by Crippen LogP contribution is 2.30. The summed E-state index contributed by atoms with van der Waals surface area (Å²) < 4.78 is 5.53. The van der Waals surface area contributed by atoms with Gasteiger partial charge in [-0.05, 0) is 17.7 Å². The lowest BCUT2D eigenvalue weighted by Crippen LogP contribution is -2.31. The molecule has 26 heavy (non-hydrogen) atoms. The van der Waals surface area contributed by atoms with Crippen molar-refractivity contribution in [1.29, 1.82) is 0 Å². The van der Waals surface area contributed by atoms with E-state index in [4.69, 9.17) is 9.84 Å². The number of carbonyl (C=O) groups excluding carboxylic acids is 1. The number of hydrogen-bond donors (Lipinski definition) is 2. The van der Waals surface area contributed by atoms with E-state index in [0.29, 0.717) is 4.47 Å². The van der Waals surface area contributed by atoms with Crippen LogP contribution in [0, 0.1) is 10.1 Å². The maximum Gasteiger partial charge on any atom is 0.407 e. The maximum absolute atomic E-state index is 12.0. The fraction of sp³-hybridized carbons (Fsp3) is 0.176. The van der Waals surface area contributed by atoms with Gasteiger partial charge in [-0.2, -0.15) is 0 Å². The highest BCUT2D eigenvalue weighted by atomic mass is 79.9. The Bertz CT molecular complexity index is 812. The summed E-state index contributed by atoms with van der Waals surface area (Å²) in [4.78, 5) is 33.8. The Morgan fingerprint density at radius 1 is 1.23 bits per heavy atom. The molecule has 0 bridgehead atoms. The molecule has 1 amide bonds. The first kappa shape index (κ1) is 19.4. The minimum atomic E-state index is -1.21. The van der Waals surface area contributed by atoms with Crippen molar-refractivity contribution in [2.45, 2.75) is 19.1 Å². The van der Waals surface area contributed by atoms with Crippen molar-refractivity contribution in [2.24, 2.45) is 0 Å². The van der Waals surface area contributed by atoms with Crippen molar-refractivity contribution >= 4 is 33.7 Å². The zero-order valence-electron chi connectivity index (χ0n) is 13.4. The summed E-state index contributed by atoms with van der Waals surface area (Å²) in [5, 5.41) is 22.7. The third-order valence-electron chi connectivity index (χ3n) is 3.45. The van der Waals surface area contributed by atoms with Crippen molar-refractivity contribution < 1.29 is 24.4 Å². The lowest BCUT2D eigenvalue weighted by Gasteiger charge is -2.17. The van der Waals surface area contributed by atoms with E-state index in [-0.39, 0.29) is 17.9 Å². The van der Waals surface area contributed by atoms with Gasteiger partial charge in [0.15, 0.2) is 0 Å². The number of aliphatic carboxylic acids is 1. The first-order valence-corrected chi connectivity index (χ1v) is 8.29. The van der Waals surface area contributed by atoms with Gasteiger partial charge < -0.3 is 15.2 Å². The number of nitro benzene ring substituents is 1. The Kier molecular flexibility index (Phi) is 6.67. The number of nitrogens with zero attached hydrogens (tertiary/aromatic N) is 1. The summed E-state index contributed by atoms with van der Waals surface area (Å²) in [6.07, 6.45) is -1.39. The standard InChI is InChI=1S/C17H15BrN2O6/c18-12-6-7-13(15(8-12)20(24)25)14(9-16(21)22)19-17(23)26-10-11-4-2-1-3-5-11/h1-8,14H,9-10H2,(H,19,23)(H,21,22)/t14-/m0/s1. The highest BCUT2D eigenvalue weighted by molar-refractivity contribution is 9.10. The lowest BCUT2D eigenvalue weighted by atomic mass is 10.0. The average molecular weight is 423 g/mol. The van der Waals surface area contributed by atoms with Gasteiger partial charge in [0, 0.05) is 10.5 Å². The third-order valence-corrected chi connectivity index (χ3v) is 3.94. The van der Waals surface area contributed by atoms with Crippen LogP contribution in [0.5, 0.6) is 0 Å². The van der Waals surface area contributed by atoms with Crippen LogP contribution in [0.25, 0.3) is 0 Å². The van der Waals surface area contributed by atoms with Gasteiger partial charge in [0.05, 0.1) is 22.9 Å². The molecule has 2 aromatic rings. The molecular weight excluding hydrogens is 408 g/mol. The molecule has 0 aliphatic rings. The Balaban J connectivity index is 2.16. The molecule has 0 radical (unpaired) electrons. The molecule has 0 aromatic heterocycles. The van der Waals surface area contributed by atoms with E-state index in [1.165, 1.54) is 18.2 Å². The SMILES string of the molecule is O=C(O)C[C@H](NC(=O)OCc1ccccc1)c1ccc(Br)cc1[N+](=O)[O-]. The maximum atomic E-state index is 12.0. The molecule has 0 spiro atoms. The quantitative estimate of drug-likeness (QED) is 0.517. The number of hydrogen-bond acceptors (Lipinski definition) is 5. The minimum Gasteiger partial charge on any atom is -0.481 e. The molecule has 0 fully saturated rings. The number of nitro groups is 1. The molecule has 0 heterocycles. The van der Waals surface area contributed by atoms with Crippen LogP contribution in [0.2, 0.25) is 0 Å². The van der Waals surface area contributed by atoms with E-state index in [9.17, 15) is 19.7 Å². The van der Waals surface area contributed by atoms with Crippen LogP contribution in [-0.4, -0.2) is 22.1 Å².